The monoisotopic (exact) mass is 344 g/mol. The summed E-state index contributed by atoms with van der Waals surface area (Å²) in [6, 6.07) is 6.23. The van der Waals surface area contributed by atoms with Crippen LogP contribution in [0.5, 0.6) is 0 Å². The van der Waals surface area contributed by atoms with Crippen LogP contribution in [-0.4, -0.2) is 39.5 Å². The number of nitrogens with zero attached hydrogens (tertiary/aromatic N) is 1. The minimum Gasteiger partial charge on any atom is -0.303 e. The van der Waals surface area contributed by atoms with Crippen LogP contribution in [-0.2, 0) is 10.0 Å². The zero-order valence-electron chi connectivity index (χ0n) is 13.3. The van der Waals surface area contributed by atoms with Gasteiger partial charge in [0, 0.05) is 24.7 Å². The highest BCUT2D eigenvalue weighted by molar-refractivity contribution is 7.89. The van der Waals surface area contributed by atoms with Gasteiger partial charge in [0.15, 0.2) is 0 Å². The fourth-order valence-corrected chi connectivity index (χ4v) is 4.38. The van der Waals surface area contributed by atoms with Crippen LogP contribution in [0, 0.1) is 11.8 Å². The van der Waals surface area contributed by atoms with Crippen molar-refractivity contribution in [3.05, 3.63) is 29.3 Å². The molecule has 0 spiro atoms. The number of rotatable bonds is 6. The number of likely N-dealkylation sites (tertiary alicyclic amines) is 1. The third kappa shape index (κ3) is 5.23. The fraction of sp³-hybridized carbons (Fsp3) is 0.625. The molecule has 22 heavy (non-hydrogen) atoms. The van der Waals surface area contributed by atoms with E-state index in [2.05, 4.69) is 23.5 Å². The Morgan fingerprint density at radius 2 is 1.77 bits per heavy atom. The van der Waals surface area contributed by atoms with E-state index in [4.69, 9.17) is 11.6 Å². The summed E-state index contributed by atoms with van der Waals surface area (Å²) in [4.78, 5) is 2.70. The fourth-order valence-electron chi connectivity index (χ4n) is 3.18. The summed E-state index contributed by atoms with van der Waals surface area (Å²) in [6.07, 6.45) is 2.12. The Labute approximate surface area is 138 Å². The molecule has 4 nitrogen and oxygen atoms in total. The zero-order chi connectivity index (χ0) is 16.2. The average Bonchev–Trinajstić information content (AvgIpc) is 2.43. The summed E-state index contributed by atoms with van der Waals surface area (Å²) in [7, 11) is -3.43. The van der Waals surface area contributed by atoms with Gasteiger partial charge in [-0.3, -0.25) is 0 Å². The molecule has 1 aromatic carbocycles. The lowest BCUT2D eigenvalue weighted by Gasteiger charge is -2.34. The molecule has 0 unspecified atom stereocenters. The first-order valence-electron chi connectivity index (χ1n) is 7.84. The van der Waals surface area contributed by atoms with Crippen molar-refractivity contribution in [2.45, 2.75) is 31.6 Å². The van der Waals surface area contributed by atoms with Gasteiger partial charge in [-0.1, -0.05) is 25.4 Å². The van der Waals surface area contributed by atoms with Crippen LogP contribution in [0.2, 0.25) is 5.02 Å². The van der Waals surface area contributed by atoms with Gasteiger partial charge in [-0.05, 0) is 55.5 Å². The van der Waals surface area contributed by atoms with E-state index in [1.807, 2.05) is 0 Å². The molecule has 0 saturated carbocycles. The molecule has 0 bridgehead atoms. The highest BCUT2D eigenvalue weighted by Gasteiger charge is 2.21. The molecule has 0 amide bonds. The molecular weight excluding hydrogens is 320 g/mol. The number of hydrogen-bond donors (Lipinski definition) is 1. The number of hydrogen-bond acceptors (Lipinski definition) is 3. The van der Waals surface area contributed by atoms with Gasteiger partial charge in [0.25, 0.3) is 0 Å². The Kier molecular flexibility index (Phi) is 6.26. The van der Waals surface area contributed by atoms with Crippen molar-refractivity contribution in [3.63, 3.8) is 0 Å². The van der Waals surface area contributed by atoms with E-state index in [-0.39, 0.29) is 4.90 Å². The molecule has 1 aromatic rings. The first-order valence-corrected chi connectivity index (χ1v) is 9.70. The quantitative estimate of drug-likeness (QED) is 0.807. The Morgan fingerprint density at radius 1 is 1.18 bits per heavy atom. The predicted molar refractivity (Wildman–Crippen MR) is 90.6 cm³/mol. The van der Waals surface area contributed by atoms with Gasteiger partial charge in [-0.25, -0.2) is 13.1 Å². The number of benzene rings is 1. The van der Waals surface area contributed by atoms with Crippen LogP contribution < -0.4 is 4.72 Å². The smallest absolute Gasteiger partial charge is 0.240 e. The zero-order valence-corrected chi connectivity index (χ0v) is 14.8. The minimum absolute atomic E-state index is 0.261. The molecule has 124 valence electrons. The normalized spacial score (nSPS) is 23.6. The maximum absolute atomic E-state index is 12.1. The van der Waals surface area contributed by atoms with Gasteiger partial charge in [-0.2, -0.15) is 0 Å². The van der Waals surface area contributed by atoms with Gasteiger partial charge < -0.3 is 4.90 Å². The molecule has 1 saturated heterocycles. The molecule has 0 aromatic heterocycles. The summed E-state index contributed by atoms with van der Waals surface area (Å²) in [6.45, 7) is 8.21. The number of nitrogens with one attached hydrogen (secondary N) is 1. The van der Waals surface area contributed by atoms with Crippen molar-refractivity contribution >= 4 is 21.6 Å². The Bertz CT molecular complexity index is 564. The third-order valence-corrected chi connectivity index (χ3v) is 5.74. The highest BCUT2D eigenvalue weighted by atomic mass is 35.5. The van der Waals surface area contributed by atoms with E-state index in [1.165, 1.54) is 18.6 Å². The highest BCUT2D eigenvalue weighted by Crippen LogP contribution is 2.20. The van der Waals surface area contributed by atoms with Crippen LogP contribution in [0.15, 0.2) is 29.2 Å². The molecule has 1 heterocycles. The largest absolute Gasteiger partial charge is 0.303 e. The van der Waals surface area contributed by atoms with Crippen molar-refractivity contribution in [1.82, 2.24) is 9.62 Å². The molecule has 0 aliphatic carbocycles. The maximum Gasteiger partial charge on any atom is 0.240 e. The molecule has 1 fully saturated rings. The molecule has 0 radical (unpaired) electrons. The van der Waals surface area contributed by atoms with Crippen molar-refractivity contribution in [2.75, 3.05) is 26.2 Å². The van der Waals surface area contributed by atoms with Gasteiger partial charge >= 0.3 is 0 Å². The van der Waals surface area contributed by atoms with Crippen LogP contribution >= 0.6 is 11.6 Å². The Morgan fingerprint density at radius 3 is 2.36 bits per heavy atom. The summed E-state index contributed by atoms with van der Waals surface area (Å²) >= 11 is 5.78. The van der Waals surface area contributed by atoms with Crippen molar-refractivity contribution in [3.8, 4) is 0 Å². The molecule has 2 atom stereocenters. The number of halogens is 1. The lowest BCUT2D eigenvalue weighted by Crippen LogP contribution is -2.40. The Balaban J connectivity index is 1.77. The first-order chi connectivity index (χ1) is 10.4. The van der Waals surface area contributed by atoms with Gasteiger partial charge in [0.2, 0.25) is 10.0 Å². The molecule has 6 heteroatoms. The second-order valence-electron chi connectivity index (χ2n) is 6.41. The SMILES string of the molecule is C[C@H]1C[C@H](C)CN(CCCNS(=O)(=O)c2ccc(Cl)cc2)C1. The van der Waals surface area contributed by atoms with Crippen LogP contribution in [0.4, 0.5) is 0 Å². The van der Waals surface area contributed by atoms with Crippen LogP contribution in [0.1, 0.15) is 26.7 Å². The van der Waals surface area contributed by atoms with E-state index in [9.17, 15) is 8.42 Å². The van der Waals surface area contributed by atoms with E-state index in [0.29, 0.717) is 11.6 Å². The predicted octanol–water partition coefficient (Wildman–Crippen LogP) is 2.99. The van der Waals surface area contributed by atoms with Gasteiger partial charge in [0.05, 0.1) is 4.90 Å². The minimum atomic E-state index is -3.43. The lowest BCUT2D eigenvalue weighted by atomic mass is 9.92. The van der Waals surface area contributed by atoms with Crippen molar-refractivity contribution < 1.29 is 8.42 Å². The topological polar surface area (TPSA) is 49.4 Å². The molecule has 1 aliphatic rings. The van der Waals surface area contributed by atoms with E-state index >= 15 is 0 Å². The van der Waals surface area contributed by atoms with Gasteiger partial charge in [0.1, 0.15) is 0 Å². The summed E-state index contributed by atoms with van der Waals surface area (Å²) < 4.78 is 26.9. The third-order valence-electron chi connectivity index (χ3n) is 4.01. The Hall–Kier alpha value is -0.620. The summed E-state index contributed by atoms with van der Waals surface area (Å²) in [5.41, 5.74) is 0. The lowest BCUT2D eigenvalue weighted by molar-refractivity contribution is 0.140. The molecular formula is C16H25ClN2O2S. The van der Waals surface area contributed by atoms with Crippen LogP contribution in [0.25, 0.3) is 0 Å². The maximum atomic E-state index is 12.1. The standard InChI is InChI=1S/C16H25ClN2O2S/c1-13-10-14(2)12-19(11-13)9-3-8-18-22(20,21)16-6-4-15(17)5-7-16/h4-7,13-14,18H,3,8-12H2,1-2H3/t13-,14-/m0/s1. The van der Waals surface area contributed by atoms with Gasteiger partial charge in [-0.15, -0.1) is 0 Å². The molecule has 1 aliphatic heterocycles. The van der Waals surface area contributed by atoms with Crippen molar-refractivity contribution in [2.24, 2.45) is 11.8 Å². The first kappa shape index (κ1) is 17.7. The second kappa shape index (κ2) is 7.77. The van der Waals surface area contributed by atoms with Crippen LogP contribution in [0.3, 0.4) is 0 Å². The van der Waals surface area contributed by atoms with E-state index < -0.39 is 10.0 Å². The average molecular weight is 345 g/mol. The second-order valence-corrected chi connectivity index (χ2v) is 8.61. The molecule has 2 rings (SSSR count). The van der Waals surface area contributed by atoms with E-state index in [0.717, 1.165) is 37.9 Å². The number of sulfonamides is 1. The summed E-state index contributed by atoms with van der Waals surface area (Å²) in [5, 5.41) is 0.535. The number of piperidine rings is 1. The summed E-state index contributed by atoms with van der Waals surface area (Å²) in [5.74, 6) is 1.46. The van der Waals surface area contributed by atoms with Crippen molar-refractivity contribution in [1.29, 1.82) is 0 Å². The molecule has 1 N–H and O–H groups in total. The van der Waals surface area contributed by atoms with E-state index in [1.54, 1.807) is 12.1 Å².